The zero-order valence-electron chi connectivity index (χ0n) is 18.4. The van der Waals surface area contributed by atoms with Crippen LogP contribution in [-0.2, 0) is 16.1 Å². The maximum absolute atomic E-state index is 12.1. The molecular formula is C25H24N4O3S. The van der Waals surface area contributed by atoms with Gasteiger partial charge in [0, 0.05) is 35.0 Å². The van der Waals surface area contributed by atoms with Crippen LogP contribution < -0.4 is 10.1 Å². The van der Waals surface area contributed by atoms with E-state index in [4.69, 9.17) is 4.74 Å². The molecular weight excluding hydrogens is 436 g/mol. The van der Waals surface area contributed by atoms with Crippen molar-refractivity contribution >= 4 is 33.4 Å². The van der Waals surface area contributed by atoms with E-state index < -0.39 is 0 Å². The maximum atomic E-state index is 12.1. The highest BCUT2D eigenvalue weighted by Gasteiger charge is 2.29. The zero-order valence-corrected chi connectivity index (χ0v) is 19.2. The van der Waals surface area contributed by atoms with Crippen molar-refractivity contribution in [3.05, 3.63) is 46.5 Å². The normalized spacial score (nSPS) is 17.0. The molecule has 2 aliphatic rings. The molecule has 2 amide bonds. The van der Waals surface area contributed by atoms with E-state index in [-0.39, 0.29) is 37.3 Å². The van der Waals surface area contributed by atoms with Crippen LogP contribution in [0.25, 0.3) is 21.3 Å². The first-order valence-electron chi connectivity index (χ1n) is 11.2. The zero-order chi connectivity index (χ0) is 22.9. The van der Waals surface area contributed by atoms with Crippen LogP contribution in [-0.4, -0.2) is 40.9 Å². The van der Waals surface area contributed by atoms with Crippen molar-refractivity contribution in [1.29, 1.82) is 5.26 Å². The minimum atomic E-state index is -0.124. The Morgan fingerprint density at radius 1 is 1.18 bits per heavy atom. The first kappa shape index (κ1) is 21.6. The van der Waals surface area contributed by atoms with Gasteiger partial charge in [-0.05, 0) is 62.7 Å². The number of ether oxygens (including phenoxy) is 1. The predicted octanol–water partition coefficient (Wildman–Crippen LogP) is 3.92. The fourth-order valence-electron chi connectivity index (χ4n) is 4.51. The summed E-state index contributed by atoms with van der Waals surface area (Å²) >= 11 is 1.53. The lowest BCUT2D eigenvalue weighted by atomic mass is 9.98. The van der Waals surface area contributed by atoms with E-state index in [0.717, 1.165) is 63.5 Å². The molecule has 2 aromatic heterocycles. The summed E-state index contributed by atoms with van der Waals surface area (Å²) in [7, 11) is 0. The Morgan fingerprint density at radius 2 is 1.94 bits per heavy atom. The summed E-state index contributed by atoms with van der Waals surface area (Å²) in [5.74, 6) is 0.550. The van der Waals surface area contributed by atoms with Crippen LogP contribution in [0.5, 0.6) is 5.75 Å². The Balaban J connectivity index is 1.57. The van der Waals surface area contributed by atoms with Crippen LogP contribution in [0.3, 0.4) is 0 Å². The molecule has 7 nitrogen and oxygen atoms in total. The monoisotopic (exact) mass is 460 g/mol. The summed E-state index contributed by atoms with van der Waals surface area (Å²) in [6, 6.07) is 9.89. The molecule has 33 heavy (non-hydrogen) atoms. The van der Waals surface area contributed by atoms with E-state index in [9.17, 15) is 14.9 Å². The quantitative estimate of drug-likeness (QED) is 0.580. The van der Waals surface area contributed by atoms with Crippen LogP contribution in [0, 0.1) is 18.3 Å². The Morgan fingerprint density at radius 3 is 2.67 bits per heavy atom. The van der Waals surface area contributed by atoms with E-state index in [0.29, 0.717) is 5.56 Å². The van der Waals surface area contributed by atoms with E-state index in [1.54, 1.807) is 6.20 Å². The highest BCUT2D eigenvalue weighted by Crippen LogP contribution is 2.41. The number of hydrogen-bond donors (Lipinski definition) is 1. The number of aryl methyl sites for hydroxylation is 1. The fourth-order valence-corrected chi connectivity index (χ4v) is 5.64. The third-order valence-electron chi connectivity index (χ3n) is 6.20. The van der Waals surface area contributed by atoms with Crippen molar-refractivity contribution in [3.63, 3.8) is 0 Å². The Bertz CT molecular complexity index is 1270. The second kappa shape index (κ2) is 8.93. The third-order valence-corrected chi connectivity index (χ3v) is 7.34. The first-order valence-corrected chi connectivity index (χ1v) is 12.0. The van der Waals surface area contributed by atoms with Crippen molar-refractivity contribution in [2.45, 2.75) is 45.3 Å². The van der Waals surface area contributed by atoms with E-state index in [1.165, 1.54) is 16.2 Å². The first-order chi connectivity index (χ1) is 16.0. The van der Waals surface area contributed by atoms with Crippen molar-refractivity contribution < 1.29 is 14.3 Å². The molecule has 0 aliphatic carbocycles. The molecule has 1 aromatic carbocycles. The lowest BCUT2D eigenvalue weighted by Crippen LogP contribution is -2.34. The number of nitrogens with zero attached hydrogens (tertiary/aromatic N) is 3. The molecule has 5 rings (SSSR count). The van der Waals surface area contributed by atoms with E-state index >= 15 is 0 Å². The summed E-state index contributed by atoms with van der Waals surface area (Å²) in [6.07, 6.45) is 4.32. The van der Waals surface area contributed by atoms with Gasteiger partial charge in [0.1, 0.15) is 11.9 Å². The summed E-state index contributed by atoms with van der Waals surface area (Å²) in [5, 5.41) is 13.0. The molecule has 168 valence electrons. The van der Waals surface area contributed by atoms with Crippen LogP contribution in [0.2, 0.25) is 0 Å². The molecule has 0 unspecified atom stereocenters. The van der Waals surface area contributed by atoms with Gasteiger partial charge in [0.25, 0.3) is 0 Å². The number of aromatic nitrogens is 1. The van der Waals surface area contributed by atoms with Crippen molar-refractivity contribution in [3.8, 4) is 22.9 Å². The highest BCUT2D eigenvalue weighted by atomic mass is 32.1. The number of carbonyl (C=O) groups is 2. The number of piperidine rings is 1. The second-order valence-corrected chi connectivity index (χ2v) is 9.64. The number of nitrogens with one attached hydrogen (secondary N) is 1. The topological polar surface area (TPSA) is 95.3 Å². The van der Waals surface area contributed by atoms with Crippen molar-refractivity contribution in [2.24, 2.45) is 0 Å². The number of carbonyl (C=O) groups excluding carboxylic acids is 2. The number of hydrogen-bond acceptors (Lipinski definition) is 7. The molecule has 3 aromatic rings. The molecule has 2 fully saturated rings. The third kappa shape index (κ3) is 4.22. The SMILES string of the molecule is Cc1cc(C#N)cc(-c2ccnc3cc(CN4C(=O)CCC4=O)sc23)c1OC1CCNCC1. The van der Waals surface area contributed by atoms with Crippen LogP contribution >= 0.6 is 11.3 Å². The van der Waals surface area contributed by atoms with Crippen LogP contribution in [0.1, 0.15) is 41.7 Å². The number of rotatable bonds is 5. The Kier molecular flexibility index (Phi) is 5.83. The van der Waals surface area contributed by atoms with Gasteiger partial charge < -0.3 is 10.1 Å². The summed E-state index contributed by atoms with van der Waals surface area (Å²) in [6.45, 7) is 4.10. The van der Waals surface area contributed by atoms with Gasteiger partial charge in [0.15, 0.2) is 0 Å². The number of benzene rings is 1. The Hall–Kier alpha value is -3.28. The van der Waals surface area contributed by atoms with Gasteiger partial charge in [-0.25, -0.2) is 0 Å². The number of likely N-dealkylation sites (tertiary alicyclic amines) is 1. The lowest BCUT2D eigenvalue weighted by molar-refractivity contribution is -0.138. The largest absolute Gasteiger partial charge is 0.489 e. The number of pyridine rings is 1. The molecule has 2 saturated heterocycles. The number of thiophene rings is 1. The van der Waals surface area contributed by atoms with Gasteiger partial charge in [-0.1, -0.05) is 0 Å². The fraction of sp³-hybridized carbons (Fsp3) is 0.360. The molecule has 0 spiro atoms. The summed E-state index contributed by atoms with van der Waals surface area (Å²) in [4.78, 5) is 30.9. The Labute approximate surface area is 196 Å². The van der Waals surface area contributed by atoms with Crippen LogP contribution in [0.15, 0.2) is 30.5 Å². The molecule has 2 aliphatic heterocycles. The smallest absolute Gasteiger partial charge is 0.230 e. The molecule has 0 bridgehead atoms. The van der Waals surface area contributed by atoms with Gasteiger partial charge in [-0.3, -0.25) is 19.5 Å². The highest BCUT2D eigenvalue weighted by molar-refractivity contribution is 7.19. The standard InChI is InChI=1S/C25H24N4O3S/c1-15-10-16(13-26)11-20(24(15)32-17-4-7-27-8-5-17)19-6-9-28-21-12-18(33-25(19)21)14-29-22(30)2-3-23(29)31/h6,9-12,17,27H,2-5,7-8,14H2,1H3. The van der Waals surface area contributed by atoms with E-state index in [2.05, 4.69) is 16.4 Å². The van der Waals surface area contributed by atoms with Gasteiger partial charge in [0.05, 0.1) is 28.4 Å². The van der Waals surface area contributed by atoms with Crippen molar-refractivity contribution in [1.82, 2.24) is 15.2 Å². The number of imide groups is 1. The molecule has 0 radical (unpaired) electrons. The summed E-state index contributed by atoms with van der Waals surface area (Å²) in [5.41, 5.74) is 4.13. The second-order valence-electron chi connectivity index (χ2n) is 8.51. The lowest BCUT2D eigenvalue weighted by Gasteiger charge is -2.26. The van der Waals surface area contributed by atoms with Gasteiger partial charge >= 0.3 is 0 Å². The molecule has 4 heterocycles. The van der Waals surface area contributed by atoms with E-state index in [1.807, 2.05) is 31.2 Å². The number of amides is 2. The van der Waals surface area contributed by atoms with Crippen molar-refractivity contribution in [2.75, 3.05) is 13.1 Å². The molecule has 0 saturated carbocycles. The minimum Gasteiger partial charge on any atom is -0.489 e. The summed E-state index contributed by atoms with van der Waals surface area (Å²) < 4.78 is 7.45. The van der Waals surface area contributed by atoms with Gasteiger partial charge in [-0.15, -0.1) is 11.3 Å². The van der Waals surface area contributed by atoms with Gasteiger partial charge in [-0.2, -0.15) is 5.26 Å². The molecule has 1 N–H and O–H groups in total. The molecule has 0 atom stereocenters. The average molecular weight is 461 g/mol. The number of fused-ring (bicyclic) bond motifs is 1. The van der Waals surface area contributed by atoms with Crippen LogP contribution in [0.4, 0.5) is 0 Å². The maximum Gasteiger partial charge on any atom is 0.230 e. The molecule has 8 heteroatoms. The van der Waals surface area contributed by atoms with Gasteiger partial charge in [0.2, 0.25) is 11.8 Å². The average Bonchev–Trinajstić information content (AvgIpc) is 3.39. The minimum absolute atomic E-state index is 0.124. The number of nitriles is 1. The predicted molar refractivity (Wildman–Crippen MR) is 126 cm³/mol.